The van der Waals surface area contributed by atoms with Crippen molar-refractivity contribution in [2.75, 3.05) is 26.9 Å². The summed E-state index contributed by atoms with van der Waals surface area (Å²) in [5.74, 6) is -0.222. The van der Waals surface area contributed by atoms with Crippen LogP contribution in [0, 0.1) is 5.82 Å². The summed E-state index contributed by atoms with van der Waals surface area (Å²) >= 11 is 3.41. The Hall–Kier alpha value is -0.490. The van der Waals surface area contributed by atoms with Gasteiger partial charge < -0.3 is 14.8 Å². The van der Waals surface area contributed by atoms with Gasteiger partial charge in [-0.25, -0.2) is 4.39 Å². The van der Waals surface area contributed by atoms with E-state index >= 15 is 0 Å². The maximum atomic E-state index is 13.1. The van der Waals surface area contributed by atoms with Gasteiger partial charge in [0.25, 0.3) is 0 Å². The number of rotatable bonds is 5. The Labute approximate surface area is 115 Å². The van der Waals surface area contributed by atoms with E-state index in [9.17, 15) is 4.39 Å². The number of nitrogens with one attached hydrogen (secondary N) is 1. The molecule has 0 aliphatic carbocycles. The minimum atomic E-state index is -0.236. The maximum Gasteiger partial charge on any atom is 0.123 e. The molecule has 1 N–H and O–H groups in total. The molecular formula is C13H17BrFNO2. The summed E-state index contributed by atoms with van der Waals surface area (Å²) in [7, 11) is 1.70. The first-order valence-electron chi connectivity index (χ1n) is 5.93. The van der Waals surface area contributed by atoms with Crippen LogP contribution < -0.4 is 5.32 Å². The van der Waals surface area contributed by atoms with Gasteiger partial charge in [-0.2, -0.15) is 0 Å². The van der Waals surface area contributed by atoms with Crippen LogP contribution in [-0.4, -0.2) is 32.5 Å². The highest BCUT2D eigenvalue weighted by Crippen LogP contribution is 2.22. The topological polar surface area (TPSA) is 30.5 Å². The van der Waals surface area contributed by atoms with Gasteiger partial charge in [-0.1, -0.05) is 15.9 Å². The molecule has 1 aromatic carbocycles. The van der Waals surface area contributed by atoms with E-state index in [1.807, 2.05) is 0 Å². The first-order chi connectivity index (χ1) is 8.65. The van der Waals surface area contributed by atoms with Crippen LogP contribution in [0.4, 0.5) is 4.39 Å². The molecule has 3 nitrogen and oxygen atoms in total. The third kappa shape index (κ3) is 3.29. The second-order valence-corrected chi connectivity index (χ2v) is 5.38. The van der Waals surface area contributed by atoms with Crippen LogP contribution in [-0.2, 0) is 16.0 Å². The summed E-state index contributed by atoms with van der Waals surface area (Å²) in [6, 6.07) is 4.69. The van der Waals surface area contributed by atoms with Crippen LogP contribution in [0.25, 0.3) is 0 Å². The smallest absolute Gasteiger partial charge is 0.123 e. The molecule has 0 spiro atoms. The zero-order chi connectivity index (χ0) is 13.0. The van der Waals surface area contributed by atoms with Crippen molar-refractivity contribution in [3.63, 3.8) is 0 Å². The average molecular weight is 318 g/mol. The van der Waals surface area contributed by atoms with Crippen molar-refractivity contribution in [2.24, 2.45) is 0 Å². The molecule has 1 aliphatic rings. The van der Waals surface area contributed by atoms with Gasteiger partial charge in [0.15, 0.2) is 0 Å². The average Bonchev–Trinajstić information content (AvgIpc) is 2.83. The van der Waals surface area contributed by atoms with E-state index < -0.39 is 0 Å². The summed E-state index contributed by atoms with van der Waals surface area (Å²) < 4.78 is 24.9. The summed E-state index contributed by atoms with van der Waals surface area (Å²) in [6.07, 6.45) is 0.890. The van der Waals surface area contributed by atoms with E-state index in [-0.39, 0.29) is 11.4 Å². The molecule has 100 valence electrons. The number of methoxy groups -OCH3 is 1. The zero-order valence-corrected chi connectivity index (χ0v) is 11.9. The zero-order valence-electron chi connectivity index (χ0n) is 10.3. The molecule has 1 atom stereocenters. The minimum Gasteiger partial charge on any atom is -0.378 e. The van der Waals surface area contributed by atoms with Crippen LogP contribution in [0.15, 0.2) is 22.7 Å². The lowest BCUT2D eigenvalue weighted by Gasteiger charge is -2.26. The van der Waals surface area contributed by atoms with Gasteiger partial charge in [0, 0.05) is 37.7 Å². The van der Waals surface area contributed by atoms with Crippen LogP contribution in [0.1, 0.15) is 12.0 Å². The number of ether oxygens (including phenoxy) is 2. The Balaban J connectivity index is 1.89. The lowest BCUT2D eigenvalue weighted by Crippen LogP contribution is -2.42. The van der Waals surface area contributed by atoms with Gasteiger partial charge in [0.05, 0.1) is 6.61 Å². The summed E-state index contributed by atoms with van der Waals surface area (Å²) in [6.45, 7) is 2.65. The van der Waals surface area contributed by atoms with Crippen molar-refractivity contribution in [1.82, 2.24) is 5.32 Å². The SMILES string of the molecule is COC1(CNCc2cc(F)ccc2Br)CCOC1. The normalized spacial score (nSPS) is 23.5. The van der Waals surface area contributed by atoms with E-state index in [1.54, 1.807) is 13.2 Å². The van der Waals surface area contributed by atoms with E-state index in [2.05, 4.69) is 21.2 Å². The Morgan fingerprint density at radius 2 is 2.39 bits per heavy atom. The largest absolute Gasteiger partial charge is 0.378 e. The lowest BCUT2D eigenvalue weighted by atomic mass is 10.0. The molecule has 0 bridgehead atoms. The molecular weight excluding hydrogens is 301 g/mol. The summed E-state index contributed by atoms with van der Waals surface area (Å²) in [4.78, 5) is 0. The van der Waals surface area contributed by atoms with E-state index in [0.29, 0.717) is 19.7 Å². The quantitative estimate of drug-likeness (QED) is 0.905. The predicted octanol–water partition coefficient (Wildman–Crippen LogP) is 2.48. The first kappa shape index (κ1) is 13.9. The monoisotopic (exact) mass is 317 g/mol. The number of benzene rings is 1. The highest BCUT2D eigenvalue weighted by molar-refractivity contribution is 9.10. The fourth-order valence-electron chi connectivity index (χ4n) is 2.06. The summed E-state index contributed by atoms with van der Waals surface area (Å²) in [5, 5.41) is 3.30. The fourth-order valence-corrected chi connectivity index (χ4v) is 2.45. The Morgan fingerprint density at radius 1 is 1.56 bits per heavy atom. The third-order valence-corrected chi connectivity index (χ3v) is 4.04. The van der Waals surface area contributed by atoms with Crippen molar-refractivity contribution in [3.8, 4) is 0 Å². The standard InChI is InChI=1S/C13H17BrFNO2/c1-17-13(4-5-18-9-13)8-16-7-10-6-11(15)2-3-12(10)14/h2-3,6,16H,4-5,7-9H2,1H3. The minimum absolute atomic E-state index is 0.222. The summed E-state index contributed by atoms with van der Waals surface area (Å²) in [5.41, 5.74) is 0.667. The molecule has 5 heteroatoms. The van der Waals surface area contributed by atoms with Gasteiger partial charge >= 0.3 is 0 Å². The van der Waals surface area contributed by atoms with E-state index in [0.717, 1.165) is 23.1 Å². The highest BCUT2D eigenvalue weighted by Gasteiger charge is 2.34. The van der Waals surface area contributed by atoms with E-state index in [1.165, 1.54) is 12.1 Å². The molecule has 1 heterocycles. The molecule has 1 aromatic rings. The van der Waals surface area contributed by atoms with Crippen molar-refractivity contribution in [3.05, 3.63) is 34.1 Å². The molecule has 1 fully saturated rings. The van der Waals surface area contributed by atoms with E-state index in [4.69, 9.17) is 9.47 Å². The molecule has 1 aliphatic heterocycles. The van der Waals surface area contributed by atoms with Gasteiger partial charge in [-0.15, -0.1) is 0 Å². The fraction of sp³-hybridized carbons (Fsp3) is 0.538. The number of hydrogen-bond donors (Lipinski definition) is 1. The molecule has 0 aromatic heterocycles. The van der Waals surface area contributed by atoms with Crippen molar-refractivity contribution >= 4 is 15.9 Å². The second-order valence-electron chi connectivity index (χ2n) is 4.53. The molecule has 0 saturated carbocycles. The van der Waals surface area contributed by atoms with Crippen LogP contribution in [0.2, 0.25) is 0 Å². The van der Waals surface area contributed by atoms with Crippen LogP contribution in [0.3, 0.4) is 0 Å². The second kappa shape index (κ2) is 6.10. The van der Waals surface area contributed by atoms with Crippen molar-refractivity contribution in [1.29, 1.82) is 0 Å². The molecule has 1 saturated heterocycles. The van der Waals surface area contributed by atoms with Gasteiger partial charge in [-0.3, -0.25) is 0 Å². The lowest BCUT2D eigenvalue weighted by molar-refractivity contribution is -0.0159. The molecule has 2 rings (SSSR count). The molecule has 0 radical (unpaired) electrons. The first-order valence-corrected chi connectivity index (χ1v) is 6.72. The Kier molecular flexibility index (Phi) is 4.72. The third-order valence-electron chi connectivity index (χ3n) is 3.27. The Bertz CT molecular complexity index is 408. The predicted molar refractivity (Wildman–Crippen MR) is 71.0 cm³/mol. The van der Waals surface area contributed by atoms with Gasteiger partial charge in [-0.05, 0) is 23.8 Å². The highest BCUT2D eigenvalue weighted by atomic mass is 79.9. The van der Waals surface area contributed by atoms with Gasteiger partial charge in [0.1, 0.15) is 11.4 Å². The maximum absolute atomic E-state index is 13.1. The van der Waals surface area contributed by atoms with Gasteiger partial charge in [0.2, 0.25) is 0 Å². The Morgan fingerprint density at radius 3 is 3.06 bits per heavy atom. The van der Waals surface area contributed by atoms with Crippen molar-refractivity contribution < 1.29 is 13.9 Å². The van der Waals surface area contributed by atoms with Crippen molar-refractivity contribution in [2.45, 2.75) is 18.6 Å². The number of halogens is 2. The molecule has 18 heavy (non-hydrogen) atoms. The number of hydrogen-bond acceptors (Lipinski definition) is 3. The molecule has 0 amide bonds. The van der Waals surface area contributed by atoms with Crippen LogP contribution >= 0.6 is 15.9 Å². The molecule has 1 unspecified atom stereocenters. The van der Waals surface area contributed by atoms with Crippen LogP contribution in [0.5, 0.6) is 0 Å².